The molecule has 1 aromatic rings. The zero-order chi connectivity index (χ0) is 21.6. The predicted octanol–water partition coefficient (Wildman–Crippen LogP) is 4.81. The lowest BCUT2D eigenvalue weighted by Gasteiger charge is -2.43. The Morgan fingerprint density at radius 2 is 1.45 bits per heavy atom. The number of benzene rings is 1. The van der Waals surface area contributed by atoms with Crippen LogP contribution in [-0.4, -0.2) is 45.8 Å². The lowest BCUT2D eigenvalue weighted by atomic mass is 9.88. The molecule has 6 heteroatoms. The van der Waals surface area contributed by atoms with Crippen molar-refractivity contribution in [2.24, 2.45) is 0 Å². The molecule has 4 rings (SSSR count). The minimum absolute atomic E-state index is 0.0405. The number of nitrogens with zero attached hydrogens (tertiary/aromatic N) is 2. The van der Waals surface area contributed by atoms with Gasteiger partial charge >= 0.3 is 6.09 Å². The average molecular weight is 427 g/mol. The Hall–Kier alpha value is -2.37. The highest BCUT2D eigenvalue weighted by atomic mass is 16.6. The minimum atomic E-state index is -0.723. The van der Waals surface area contributed by atoms with Gasteiger partial charge in [-0.2, -0.15) is 0 Å². The van der Waals surface area contributed by atoms with E-state index in [4.69, 9.17) is 4.74 Å². The van der Waals surface area contributed by atoms with Crippen LogP contribution >= 0.6 is 0 Å². The van der Waals surface area contributed by atoms with Crippen LogP contribution in [0.15, 0.2) is 30.3 Å². The SMILES string of the molecule is O=C([C@H]1CCC(=O)N1C(=O)OCc1ccccc1)N(C1CCCCC1)C1CCCCC1. The van der Waals surface area contributed by atoms with Gasteiger partial charge in [0.15, 0.2) is 0 Å². The van der Waals surface area contributed by atoms with Crippen LogP contribution in [-0.2, 0) is 20.9 Å². The maximum Gasteiger partial charge on any atom is 0.417 e. The van der Waals surface area contributed by atoms with Crippen LogP contribution < -0.4 is 0 Å². The molecule has 3 amide bonds. The molecule has 1 aromatic carbocycles. The molecule has 0 bridgehead atoms. The van der Waals surface area contributed by atoms with E-state index in [1.165, 1.54) is 12.8 Å². The van der Waals surface area contributed by atoms with Crippen LogP contribution in [0.1, 0.15) is 82.6 Å². The Bertz CT molecular complexity index is 751. The van der Waals surface area contributed by atoms with Crippen LogP contribution in [0.5, 0.6) is 0 Å². The number of carbonyl (C=O) groups is 3. The highest BCUT2D eigenvalue weighted by Gasteiger charge is 2.45. The maximum absolute atomic E-state index is 13.8. The van der Waals surface area contributed by atoms with E-state index in [1.807, 2.05) is 30.3 Å². The molecule has 0 aromatic heterocycles. The quantitative estimate of drug-likeness (QED) is 0.678. The van der Waals surface area contributed by atoms with Crippen LogP contribution in [0.3, 0.4) is 0 Å². The smallest absolute Gasteiger partial charge is 0.417 e. The fraction of sp³-hybridized carbons (Fsp3) is 0.640. The number of carbonyl (C=O) groups excluding carboxylic acids is 3. The van der Waals surface area contributed by atoms with Gasteiger partial charge in [0.25, 0.3) is 0 Å². The van der Waals surface area contributed by atoms with Crippen molar-refractivity contribution in [1.82, 2.24) is 9.80 Å². The number of likely N-dealkylation sites (tertiary alicyclic amines) is 1. The summed E-state index contributed by atoms with van der Waals surface area (Å²) in [6.07, 6.45) is 11.1. The summed E-state index contributed by atoms with van der Waals surface area (Å²) >= 11 is 0. The van der Waals surface area contributed by atoms with Gasteiger partial charge in [-0.15, -0.1) is 0 Å². The fourth-order valence-corrected chi connectivity index (χ4v) is 5.48. The highest BCUT2D eigenvalue weighted by Crippen LogP contribution is 2.33. The summed E-state index contributed by atoms with van der Waals surface area (Å²) in [7, 11) is 0. The van der Waals surface area contributed by atoms with E-state index < -0.39 is 12.1 Å². The number of imide groups is 1. The predicted molar refractivity (Wildman–Crippen MR) is 117 cm³/mol. The van der Waals surface area contributed by atoms with Crippen LogP contribution in [0.4, 0.5) is 4.79 Å². The molecular formula is C25H34N2O4. The summed E-state index contributed by atoms with van der Waals surface area (Å²) in [5.74, 6) is -0.343. The number of rotatable bonds is 5. The van der Waals surface area contributed by atoms with Crippen molar-refractivity contribution in [2.75, 3.05) is 0 Å². The van der Waals surface area contributed by atoms with E-state index in [9.17, 15) is 14.4 Å². The van der Waals surface area contributed by atoms with Gasteiger partial charge in [0.2, 0.25) is 11.8 Å². The van der Waals surface area contributed by atoms with E-state index in [0.29, 0.717) is 6.42 Å². The molecule has 3 fully saturated rings. The summed E-state index contributed by atoms with van der Waals surface area (Å²) in [6, 6.07) is 9.15. The molecule has 0 spiro atoms. The molecule has 3 aliphatic rings. The van der Waals surface area contributed by atoms with Gasteiger partial charge in [0.1, 0.15) is 12.6 Å². The van der Waals surface area contributed by atoms with Gasteiger partial charge in [0.05, 0.1) is 0 Å². The van der Waals surface area contributed by atoms with Crippen molar-refractivity contribution in [3.63, 3.8) is 0 Å². The first-order valence-corrected chi connectivity index (χ1v) is 12.0. The van der Waals surface area contributed by atoms with Gasteiger partial charge in [-0.25, -0.2) is 9.69 Å². The number of hydrogen-bond donors (Lipinski definition) is 0. The zero-order valence-corrected chi connectivity index (χ0v) is 18.3. The van der Waals surface area contributed by atoms with Crippen molar-refractivity contribution in [3.05, 3.63) is 35.9 Å². The molecule has 6 nitrogen and oxygen atoms in total. The molecule has 1 saturated heterocycles. The molecule has 168 valence electrons. The van der Waals surface area contributed by atoms with Gasteiger partial charge in [-0.1, -0.05) is 68.9 Å². The molecular weight excluding hydrogens is 392 g/mol. The number of ether oxygens (including phenoxy) is 1. The third-order valence-electron chi connectivity index (χ3n) is 7.09. The van der Waals surface area contributed by atoms with Gasteiger partial charge in [-0.3, -0.25) is 9.59 Å². The lowest BCUT2D eigenvalue weighted by molar-refractivity contribution is -0.145. The summed E-state index contributed by atoms with van der Waals surface area (Å²) in [4.78, 5) is 42.4. The molecule has 0 N–H and O–H groups in total. The molecule has 0 radical (unpaired) electrons. The topological polar surface area (TPSA) is 66.9 Å². The van der Waals surface area contributed by atoms with Crippen LogP contribution in [0.25, 0.3) is 0 Å². The van der Waals surface area contributed by atoms with Gasteiger partial charge in [-0.05, 0) is 37.7 Å². The summed E-state index contributed by atoms with van der Waals surface area (Å²) < 4.78 is 5.43. The van der Waals surface area contributed by atoms with Gasteiger partial charge in [0, 0.05) is 18.5 Å². The van der Waals surface area contributed by atoms with Gasteiger partial charge < -0.3 is 9.64 Å². The van der Waals surface area contributed by atoms with Crippen molar-refractivity contribution in [2.45, 2.75) is 102 Å². The second kappa shape index (κ2) is 10.3. The zero-order valence-electron chi connectivity index (χ0n) is 18.3. The number of amides is 3. The second-order valence-electron chi connectivity index (χ2n) is 9.19. The van der Waals surface area contributed by atoms with E-state index in [2.05, 4.69) is 4.90 Å². The third-order valence-corrected chi connectivity index (χ3v) is 7.09. The van der Waals surface area contributed by atoms with Crippen molar-refractivity contribution in [1.29, 1.82) is 0 Å². The highest BCUT2D eigenvalue weighted by molar-refractivity contribution is 6.00. The Morgan fingerprint density at radius 3 is 2.03 bits per heavy atom. The Labute approximate surface area is 184 Å². The monoisotopic (exact) mass is 426 g/mol. The van der Waals surface area contributed by atoms with E-state index >= 15 is 0 Å². The maximum atomic E-state index is 13.8. The first-order chi connectivity index (χ1) is 15.1. The van der Waals surface area contributed by atoms with E-state index in [-0.39, 0.29) is 36.9 Å². The molecule has 1 atom stereocenters. The van der Waals surface area contributed by atoms with Crippen LogP contribution in [0, 0.1) is 0 Å². The molecule has 2 saturated carbocycles. The van der Waals surface area contributed by atoms with Crippen molar-refractivity contribution in [3.8, 4) is 0 Å². The Kier molecular flexibility index (Phi) is 7.25. The molecule has 1 heterocycles. The lowest BCUT2D eigenvalue weighted by Crippen LogP contribution is -2.56. The summed E-state index contributed by atoms with van der Waals surface area (Å²) in [5.41, 5.74) is 0.858. The second-order valence-corrected chi connectivity index (χ2v) is 9.19. The minimum Gasteiger partial charge on any atom is -0.444 e. The molecule has 2 aliphatic carbocycles. The fourth-order valence-electron chi connectivity index (χ4n) is 5.48. The first kappa shape index (κ1) is 21.8. The molecule has 1 aliphatic heterocycles. The van der Waals surface area contributed by atoms with E-state index in [1.54, 1.807) is 0 Å². The third kappa shape index (κ3) is 5.10. The largest absolute Gasteiger partial charge is 0.444 e. The van der Waals surface area contributed by atoms with Crippen LogP contribution in [0.2, 0.25) is 0 Å². The molecule has 0 unspecified atom stereocenters. The first-order valence-electron chi connectivity index (χ1n) is 12.0. The Morgan fingerprint density at radius 1 is 0.871 bits per heavy atom. The van der Waals surface area contributed by atoms with Crippen molar-refractivity contribution >= 4 is 17.9 Å². The molecule has 31 heavy (non-hydrogen) atoms. The Balaban J connectivity index is 1.49. The van der Waals surface area contributed by atoms with E-state index in [0.717, 1.165) is 61.8 Å². The average Bonchev–Trinajstić information content (AvgIpc) is 3.21. The number of hydrogen-bond acceptors (Lipinski definition) is 4. The standard InChI is InChI=1S/C25H34N2O4/c28-23-17-16-22(27(23)25(30)31-18-19-10-4-1-5-11-19)24(29)26(20-12-6-2-7-13-20)21-14-8-3-9-15-21/h1,4-5,10-11,20-22H,2-3,6-9,12-18H2/t22-/m1/s1. The normalized spacial score (nSPS) is 23.0. The van der Waals surface area contributed by atoms with Crippen molar-refractivity contribution < 1.29 is 19.1 Å². The summed E-state index contributed by atoms with van der Waals surface area (Å²) in [5, 5.41) is 0. The summed E-state index contributed by atoms with van der Waals surface area (Å²) in [6.45, 7) is 0.0966.